The second-order valence-electron chi connectivity index (χ2n) is 2.94. The zero-order valence-corrected chi connectivity index (χ0v) is 10.1. The van der Waals surface area contributed by atoms with E-state index in [1.54, 1.807) is 23.5 Å². The fourth-order valence-corrected chi connectivity index (χ4v) is 1.98. The first-order chi connectivity index (χ1) is 7.25. The van der Waals surface area contributed by atoms with E-state index in [2.05, 4.69) is 15.9 Å². The van der Waals surface area contributed by atoms with E-state index in [4.69, 9.17) is 4.74 Å². The standard InChI is InChI=1S/C11H8BrFOS/c12-10-4-3-8(6-11(10)13)14-7-9-2-1-5-15-9/h1-6H,7H2. The van der Waals surface area contributed by atoms with Crippen LogP contribution in [-0.2, 0) is 6.61 Å². The van der Waals surface area contributed by atoms with Crippen LogP contribution in [0.25, 0.3) is 0 Å². The lowest BCUT2D eigenvalue weighted by Crippen LogP contribution is -1.93. The summed E-state index contributed by atoms with van der Waals surface area (Å²) in [5.74, 6) is 0.239. The molecule has 0 saturated heterocycles. The van der Waals surface area contributed by atoms with Crippen molar-refractivity contribution in [2.75, 3.05) is 0 Å². The predicted molar refractivity (Wildman–Crippen MR) is 62.8 cm³/mol. The maximum Gasteiger partial charge on any atom is 0.141 e. The summed E-state index contributed by atoms with van der Waals surface area (Å²) in [4.78, 5) is 1.12. The highest BCUT2D eigenvalue weighted by molar-refractivity contribution is 9.10. The molecule has 0 N–H and O–H groups in total. The van der Waals surface area contributed by atoms with Gasteiger partial charge < -0.3 is 4.74 Å². The molecule has 1 heterocycles. The van der Waals surface area contributed by atoms with E-state index in [0.717, 1.165) is 4.88 Å². The van der Waals surface area contributed by atoms with Crippen molar-refractivity contribution in [3.05, 3.63) is 50.9 Å². The van der Waals surface area contributed by atoms with Crippen molar-refractivity contribution in [2.24, 2.45) is 0 Å². The molecule has 0 atom stereocenters. The third kappa shape index (κ3) is 2.79. The molecule has 78 valence electrons. The zero-order chi connectivity index (χ0) is 10.7. The largest absolute Gasteiger partial charge is 0.488 e. The van der Waals surface area contributed by atoms with E-state index in [1.165, 1.54) is 6.07 Å². The van der Waals surface area contributed by atoms with Gasteiger partial charge in [-0.2, -0.15) is 0 Å². The lowest BCUT2D eigenvalue weighted by atomic mass is 10.3. The summed E-state index contributed by atoms with van der Waals surface area (Å²) < 4.78 is 19.0. The van der Waals surface area contributed by atoms with Gasteiger partial charge in [-0.25, -0.2) is 4.39 Å². The molecule has 0 unspecified atom stereocenters. The van der Waals surface area contributed by atoms with Gasteiger partial charge in [-0.1, -0.05) is 6.07 Å². The Morgan fingerprint density at radius 3 is 2.87 bits per heavy atom. The van der Waals surface area contributed by atoms with Crippen LogP contribution in [0.3, 0.4) is 0 Å². The summed E-state index contributed by atoms with van der Waals surface area (Å²) in [7, 11) is 0. The monoisotopic (exact) mass is 286 g/mol. The Kier molecular flexibility index (Phi) is 3.38. The lowest BCUT2D eigenvalue weighted by Gasteiger charge is -2.04. The van der Waals surface area contributed by atoms with Crippen molar-refractivity contribution in [1.29, 1.82) is 0 Å². The van der Waals surface area contributed by atoms with E-state index in [9.17, 15) is 4.39 Å². The normalized spacial score (nSPS) is 10.3. The van der Waals surface area contributed by atoms with Crippen molar-refractivity contribution >= 4 is 27.3 Å². The van der Waals surface area contributed by atoms with Crippen LogP contribution in [0.2, 0.25) is 0 Å². The molecule has 0 amide bonds. The Balaban J connectivity index is 2.02. The molecule has 0 aliphatic rings. The van der Waals surface area contributed by atoms with Gasteiger partial charge in [0.1, 0.15) is 18.2 Å². The third-order valence-corrected chi connectivity index (χ3v) is 3.35. The number of hydrogen-bond donors (Lipinski definition) is 0. The summed E-state index contributed by atoms with van der Waals surface area (Å²) >= 11 is 4.71. The van der Waals surface area contributed by atoms with Gasteiger partial charge in [0.25, 0.3) is 0 Å². The van der Waals surface area contributed by atoms with Gasteiger partial charge in [0.15, 0.2) is 0 Å². The number of thiophene rings is 1. The number of benzene rings is 1. The number of halogens is 2. The van der Waals surface area contributed by atoms with Gasteiger partial charge in [0.2, 0.25) is 0 Å². The molecule has 1 nitrogen and oxygen atoms in total. The second kappa shape index (κ2) is 4.77. The molecule has 0 aliphatic carbocycles. The quantitative estimate of drug-likeness (QED) is 0.821. The van der Waals surface area contributed by atoms with Crippen LogP contribution in [0, 0.1) is 5.82 Å². The molecule has 0 saturated carbocycles. The molecular weight excluding hydrogens is 279 g/mol. The van der Waals surface area contributed by atoms with Crippen LogP contribution in [0.15, 0.2) is 40.2 Å². The van der Waals surface area contributed by atoms with Crippen molar-refractivity contribution in [3.8, 4) is 5.75 Å². The molecule has 4 heteroatoms. The molecule has 0 bridgehead atoms. The first-order valence-corrected chi connectivity index (χ1v) is 6.03. The van der Waals surface area contributed by atoms with E-state index >= 15 is 0 Å². The minimum Gasteiger partial charge on any atom is -0.488 e. The average Bonchev–Trinajstić information content (AvgIpc) is 2.73. The minimum atomic E-state index is -0.307. The van der Waals surface area contributed by atoms with Crippen molar-refractivity contribution in [1.82, 2.24) is 0 Å². The number of ether oxygens (including phenoxy) is 1. The molecule has 1 aromatic heterocycles. The Hall–Kier alpha value is -0.870. The van der Waals surface area contributed by atoms with Crippen LogP contribution in [0.1, 0.15) is 4.88 Å². The zero-order valence-electron chi connectivity index (χ0n) is 7.74. The molecule has 0 spiro atoms. The Morgan fingerprint density at radius 1 is 1.33 bits per heavy atom. The SMILES string of the molecule is Fc1cc(OCc2cccs2)ccc1Br. The highest BCUT2D eigenvalue weighted by atomic mass is 79.9. The maximum absolute atomic E-state index is 13.1. The van der Waals surface area contributed by atoms with E-state index in [1.807, 2.05) is 17.5 Å². The second-order valence-corrected chi connectivity index (χ2v) is 4.83. The van der Waals surface area contributed by atoms with Gasteiger partial charge in [-0.15, -0.1) is 11.3 Å². The first kappa shape index (κ1) is 10.6. The van der Waals surface area contributed by atoms with Gasteiger partial charge in [-0.05, 0) is 39.5 Å². The fourth-order valence-electron chi connectivity index (χ4n) is 1.12. The molecule has 15 heavy (non-hydrogen) atoms. The van der Waals surface area contributed by atoms with Crippen LogP contribution in [-0.4, -0.2) is 0 Å². The molecule has 2 aromatic rings. The molecular formula is C11H8BrFOS. The summed E-state index contributed by atoms with van der Waals surface area (Å²) in [6.07, 6.45) is 0. The minimum absolute atomic E-state index is 0.307. The van der Waals surface area contributed by atoms with E-state index in [0.29, 0.717) is 16.8 Å². The third-order valence-electron chi connectivity index (χ3n) is 1.85. The van der Waals surface area contributed by atoms with Crippen LogP contribution in [0.4, 0.5) is 4.39 Å². The van der Waals surface area contributed by atoms with Gasteiger partial charge in [0, 0.05) is 10.9 Å². The summed E-state index contributed by atoms with van der Waals surface area (Å²) in [6, 6.07) is 8.70. The summed E-state index contributed by atoms with van der Waals surface area (Å²) in [5, 5.41) is 1.99. The van der Waals surface area contributed by atoms with Crippen LogP contribution >= 0.6 is 27.3 Å². The van der Waals surface area contributed by atoms with E-state index < -0.39 is 0 Å². The lowest BCUT2D eigenvalue weighted by molar-refractivity contribution is 0.308. The average molecular weight is 287 g/mol. The Morgan fingerprint density at radius 2 is 2.20 bits per heavy atom. The Labute approximate surface area is 99.6 Å². The highest BCUT2D eigenvalue weighted by Crippen LogP contribution is 2.22. The molecule has 0 aliphatic heterocycles. The van der Waals surface area contributed by atoms with Crippen LogP contribution < -0.4 is 4.74 Å². The van der Waals surface area contributed by atoms with Gasteiger partial charge >= 0.3 is 0 Å². The number of hydrogen-bond acceptors (Lipinski definition) is 2. The smallest absolute Gasteiger partial charge is 0.141 e. The summed E-state index contributed by atoms with van der Waals surface area (Å²) in [5.41, 5.74) is 0. The molecule has 1 aromatic carbocycles. The topological polar surface area (TPSA) is 9.23 Å². The molecule has 2 rings (SSSR count). The van der Waals surface area contributed by atoms with E-state index in [-0.39, 0.29) is 5.82 Å². The van der Waals surface area contributed by atoms with Crippen molar-refractivity contribution < 1.29 is 9.13 Å². The van der Waals surface area contributed by atoms with Crippen molar-refractivity contribution in [2.45, 2.75) is 6.61 Å². The fraction of sp³-hybridized carbons (Fsp3) is 0.0909. The highest BCUT2D eigenvalue weighted by Gasteiger charge is 2.01. The van der Waals surface area contributed by atoms with Gasteiger partial charge in [0.05, 0.1) is 4.47 Å². The first-order valence-electron chi connectivity index (χ1n) is 4.36. The predicted octanol–water partition coefficient (Wildman–Crippen LogP) is 4.23. The van der Waals surface area contributed by atoms with Crippen LogP contribution in [0.5, 0.6) is 5.75 Å². The maximum atomic E-state index is 13.1. The Bertz CT molecular complexity index is 442. The van der Waals surface area contributed by atoms with Gasteiger partial charge in [-0.3, -0.25) is 0 Å². The van der Waals surface area contributed by atoms with Crippen molar-refractivity contribution in [3.63, 3.8) is 0 Å². The number of rotatable bonds is 3. The molecule has 0 radical (unpaired) electrons. The summed E-state index contributed by atoms with van der Waals surface area (Å²) in [6.45, 7) is 0.485. The molecule has 0 fully saturated rings.